The van der Waals surface area contributed by atoms with Crippen molar-refractivity contribution in [2.45, 2.75) is 37.1 Å². The summed E-state index contributed by atoms with van der Waals surface area (Å²) < 4.78 is 29.6. The zero-order valence-electron chi connectivity index (χ0n) is 21.0. The zero-order valence-corrected chi connectivity index (χ0v) is 22.6. The van der Waals surface area contributed by atoms with E-state index in [-0.39, 0.29) is 4.90 Å². The number of hydrogen-bond donors (Lipinski definition) is 3. The monoisotopic (exact) mass is 537 g/mol. The lowest BCUT2D eigenvalue weighted by atomic mass is 10.0. The lowest BCUT2D eigenvalue weighted by molar-refractivity contribution is 0.229. The molecule has 0 bridgehead atoms. The summed E-state index contributed by atoms with van der Waals surface area (Å²) in [5.74, 6) is 6.73. The van der Waals surface area contributed by atoms with Crippen LogP contribution >= 0.6 is 11.3 Å². The number of nitrogens with one attached hydrogen (secondary N) is 2. The maximum Gasteiger partial charge on any atom is 0.238 e. The van der Waals surface area contributed by atoms with E-state index in [0.717, 1.165) is 58.7 Å². The number of nitriles is 1. The Kier molecular flexibility index (Phi) is 8.57. The van der Waals surface area contributed by atoms with Gasteiger partial charge in [-0.1, -0.05) is 30.9 Å². The number of piperidine rings is 1. The van der Waals surface area contributed by atoms with Gasteiger partial charge in [-0.05, 0) is 37.6 Å². The van der Waals surface area contributed by atoms with Gasteiger partial charge < -0.3 is 20.3 Å². The smallest absolute Gasteiger partial charge is 0.238 e. The van der Waals surface area contributed by atoms with Crippen molar-refractivity contribution in [3.63, 3.8) is 0 Å². The maximum atomic E-state index is 11.6. The van der Waals surface area contributed by atoms with E-state index < -0.39 is 10.0 Å². The molecule has 0 saturated carbocycles. The quantitative estimate of drug-likeness (QED) is 0.372. The Hall–Kier alpha value is -3.28. The van der Waals surface area contributed by atoms with Crippen LogP contribution in [0.5, 0.6) is 5.75 Å². The fourth-order valence-corrected chi connectivity index (χ4v) is 6.21. The van der Waals surface area contributed by atoms with Gasteiger partial charge in [-0.2, -0.15) is 5.26 Å². The van der Waals surface area contributed by atoms with Crippen molar-refractivity contribution in [1.29, 1.82) is 5.26 Å². The highest BCUT2D eigenvalue weighted by atomic mass is 32.2. The van der Waals surface area contributed by atoms with Crippen molar-refractivity contribution in [3.05, 3.63) is 46.8 Å². The van der Waals surface area contributed by atoms with Crippen LogP contribution in [0.1, 0.15) is 30.2 Å². The second-order valence-electron chi connectivity index (χ2n) is 8.84. The third-order valence-electron chi connectivity index (χ3n) is 6.54. The van der Waals surface area contributed by atoms with Gasteiger partial charge in [0.25, 0.3) is 0 Å². The van der Waals surface area contributed by atoms with Gasteiger partial charge in [0.2, 0.25) is 10.0 Å². The van der Waals surface area contributed by atoms with Crippen LogP contribution in [0.15, 0.2) is 41.3 Å². The molecular formula is C27H31N5O3S2. The number of hydrogen-bond acceptors (Lipinski definition) is 8. The standard InChI is InChI=1S/C27H31N5O3S2/c1-3-32-16-12-19(13-17-32)31-24-7-4-6-22-21(11-14-28)26(36-27(22)24)8-5-15-30-23-10-9-20(37(29,33)34)18-25(23)35-2/h4,6-7,9-10,18-19,30-31H,3,11-13,15-17H2,1-2H3,(H2,29,33,34). The minimum atomic E-state index is -3.82. The molecule has 10 heteroatoms. The van der Waals surface area contributed by atoms with Gasteiger partial charge in [-0.3, -0.25) is 0 Å². The minimum absolute atomic E-state index is 0.0206. The molecule has 1 aliphatic heterocycles. The average molecular weight is 538 g/mol. The molecule has 4 rings (SSSR count). The van der Waals surface area contributed by atoms with Crippen LogP contribution in [0.4, 0.5) is 11.4 Å². The summed E-state index contributed by atoms with van der Waals surface area (Å²) in [7, 11) is -2.36. The van der Waals surface area contributed by atoms with Crippen LogP contribution in [0.25, 0.3) is 10.1 Å². The van der Waals surface area contributed by atoms with Crippen molar-refractivity contribution in [3.8, 4) is 23.7 Å². The van der Waals surface area contributed by atoms with E-state index in [0.29, 0.717) is 30.4 Å². The first-order valence-corrected chi connectivity index (χ1v) is 14.5. The van der Waals surface area contributed by atoms with E-state index in [1.54, 1.807) is 17.4 Å². The molecule has 4 N–H and O–H groups in total. The molecule has 3 aromatic rings. The number of fused-ring (bicyclic) bond motifs is 1. The van der Waals surface area contributed by atoms with E-state index in [1.807, 2.05) is 6.07 Å². The van der Waals surface area contributed by atoms with Gasteiger partial charge in [0.15, 0.2) is 0 Å². The third kappa shape index (κ3) is 6.35. The molecule has 0 unspecified atom stereocenters. The summed E-state index contributed by atoms with van der Waals surface area (Å²) in [6, 6.07) is 13.3. The molecule has 0 aliphatic carbocycles. The Morgan fingerprint density at radius 2 is 2.00 bits per heavy atom. The van der Waals surface area contributed by atoms with Gasteiger partial charge in [-0.25, -0.2) is 13.6 Å². The fourth-order valence-electron chi connectivity index (χ4n) is 4.51. The zero-order chi connectivity index (χ0) is 26.4. The average Bonchev–Trinajstić information content (AvgIpc) is 3.25. The van der Waals surface area contributed by atoms with Crippen LogP contribution in [0, 0.1) is 23.2 Å². The third-order valence-corrected chi connectivity index (χ3v) is 8.65. The first kappa shape index (κ1) is 26.8. The van der Waals surface area contributed by atoms with Crippen LogP contribution in [-0.4, -0.2) is 52.6 Å². The largest absolute Gasteiger partial charge is 0.495 e. The molecule has 2 aromatic carbocycles. The maximum absolute atomic E-state index is 11.6. The Morgan fingerprint density at radius 3 is 2.68 bits per heavy atom. The van der Waals surface area contributed by atoms with Crippen molar-refractivity contribution >= 4 is 42.8 Å². The summed E-state index contributed by atoms with van der Waals surface area (Å²) in [6.07, 6.45) is 2.51. The normalized spacial score (nSPS) is 14.5. The number of sulfonamides is 1. The van der Waals surface area contributed by atoms with E-state index in [4.69, 9.17) is 9.88 Å². The van der Waals surface area contributed by atoms with Gasteiger partial charge >= 0.3 is 0 Å². The number of benzene rings is 2. The summed E-state index contributed by atoms with van der Waals surface area (Å²) in [4.78, 5) is 3.33. The Labute approximate surface area is 222 Å². The molecule has 1 aromatic heterocycles. The predicted molar refractivity (Wildman–Crippen MR) is 150 cm³/mol. The van der Waals surface area contributed by atoms with E-state index in [1.165, 1.54) is 19.2 Å². The van der Waals surface area contributed by atoms with Crippen LogP contribution < -0.4 is 20.5 Å². The van der Waals surface area contributed by atoms with Gasteiger partial charge in [0.05, 0.1) is 52.0 Å². The van der Waals surface area contributed by atoms with Gasteiger partial charge in [0, 0.05) is 36.1 Å². The van der Waals surface area contributed by atoms with Crippen LogP contribution in [0.2, 0.25) is 0 Å². The lowest BCUT2D eigenvalue weighted by Crippen LogP contribution is -2.38. The predicted octanol–water partition coefficient (Wildman–Crippen LogP) is 3.98. The molecule has 0 spiro atoms. The number of rotatable bonds is 8. The fraction of sp³-hybridized carbons (Fsp3) is 0.370. The minimum Gasteiger partial charge on any atom is -0.495 e. The number of methoxy groups -OCH3 is 1. The molecule has 2 heterocycles. The Bertz CT molecular complexity index is 1470. The molecule has 0 radical (unpaired) electrons. The molecule has 37 heavy (non-hydrogen) atoms. The highest BCUT2D eigenvalue weighted by Crippen LogP contribution is 2.37. The Balaban J connectivity index is 1.53. The highest BCUT2D eigenvalue weighted by molar-refractivity contribution is 7.89. The van der Waals surface area contributed by atoms with E-state index in [9.17, 15) is 13.7 Å². The SMILES string of the molecule is CCN1CCC(Nc2cccc3c(CC#N)c(C#CCNc4ccc(S(N)(=O)=O)cc4OC)sc23)CC1. The molecule has 8 nitrogen and oxygen atoms in total. The summed E-state index contributed by atoms with van der Waals surface area (Å²) >= 11 is 1.61. The van der Waals surface area contributed by atoms with Crippen molar-refractivity contribution in [1.82, 2.24) is 4.90 Å². The second kappa shape index (κ2) is 11.8. The number of primary sulfonamides is 1. The number of thiophene rings is 1. The number of nitrogens with zero attached hydrogens (tertiary/aromatic N) is 2. The molecule has 194 valence electrons. The molecular weight excluding hydrogens is 506 g/mol. The van der Waals surface area contributed by atoms with Crippen molar-refractivity contribution in [2.75, 3.05) is 43.9 Å². The molecule has 1 fully saturated rings. The van der Waals surface area contributed by atoms with Crippen LogP contribution in [0.3, 0.4) is 0 Å². The molecule has 1 aliphatic rings. The highest BCUT2D eigenvalue weighted by Gasteiger charge is 2.20. The van der Waals surface area contributed by atoms with E-state index in [2.05, 4.69) is 52.5 Å². The van der Waals surface area contributed by atoms with Gasteiger partial charge in [0.1, 0.15) is 5.75 Å². The van der Waals surface area contributed by atoms with E-state index >= 15 is 0 Å². The topological polar surface area (TPSA) is 120 Å². The van der Waals surface area contributed by atoms with Crippen molar-refractivity contribution < 1.29 is 13.2 Å². The lowest BCUT2D eigenvalue weighted by Gasteiger charge is -2.32. The molecule has 1 saturated heterocycles. The summed E-state index contributed by atoms with van der Waals surface area (Å²) in [6.45, 7) is 5.82. The molecule has 0 amide bonds. The summed E-state index contributed by atoms with van der Waals surface area (Å²) in [5, 5.41) is 22.6. The van der Waals surface area contributed by atoms with Gasteiger partial charge in [-0.15, -0.1) is 11.3 Å². The van der Waals surface area contributed by atoms with Crippen LogP contribution in [-0.2, 0) is 16.4 Å². The second-order valence-corrected chi connectivity index (χ2v) is 11.4. The number of nitrogens with two attached hydrogens (primary N) is 1. The number of ether oxygens (including phenoxy) is 1. The number of likely N-dealkylation sites (tertiary alicyclic amines) is 1. The van der Waals surface area contributed by atoms with Crippen molar-refractivity contribution in [2.24, 2.45) is 5.14 Å². The first-order chi connectivity index (χ1) is 17.8. The number of anilines is 2. The first-order valence-electron chi connectivity index (χ1n) is 12.2. The Morgan fingerprint density at radius 1 is 1.22 bits per heavy atom. The summed E-state index contributed by atoms with van der Waals surface area (Å²) in [5.41, 5.74) is 2.66. The molecule has 0 atom stereocenters.